The molecule has 0 radical (unpaired) electrons. The van der Waals surface area contributed by atoms with E-state index in [1.165, 1.54) is 12.1 Å². The van der Waals surface area contributed by atoms with Crippen LogP contribution in [0.15, 0.2) is 53.4 Å². The van der Waals surface area contributed by atoms with Gasteiger partial charge in [0.15, 0.2) is 9.84 Å². The number of methoxy groups -OCH3 is 1. The molecule has 1 aliphatic rings. The first kappa shape index (κ1) is 20.4. The lowest BCUT2D eigenvalue weighted by atomic mass is 10.1. The average molecular weight is 404 g/mol. The molecule has 150 valence electrons. The van der Waals surface area contributed by atoms with Gasteiger partial charge >= 0.3 is 0 Å². The van der Waals surface area contributed by atoms with Crippen LogP contribution in [0.3, 0.4) is 0 Å². The third-order valence-corrected chi connectivity index (χ3v) is 5.90. The minimum absolute atomic E-state index is 0.0184. The van der Waals surface area contributed by atoms with Gasteiger partial charge in [0.2, 0.25) is 0 Å². The molecule has 1 saturated heterocycles. The van der Waals surface area contributed by atoms with Gasteiger partial charge in [0.05, 0.1) is 18.1 Å². The molecule has 3 rings (SSSR count). The number of amides is 1. The minimum Gasteiger partial charge on any atom is -0.497 e. The zero-order valence-corrected chi connectivity index (χ0v) is 16.9. The van der Waals surface area contributed by atoms with Crippen LogP contribution in [-0.4, -0.2) is 51.8 Å². The smallest absolute Gasteiger partial charge is 0.254 e. The maximum Gasteiger partial charge on any atom is 0.254 e. The van der Waals surface area contributed by atoms with Crippen molar-refractivity contribution < 1.29 is 22.7 Å². The summed E-state index contributed by atoms with van der Waals surface area (Å²) < 4.78 is 34.3. The van der Waals surface area contributed by atoms with E-state index in [2.05, 4.69) is 0 Å². The Morgan fingerprint density at radius 3 is 2.57 bits per heavy atom. The van der Waals surface area contributed by atoms with Crippen LogP contribution in [0.25, 0.3) is 0 Å². The highest BCUT2D eigenvalue weighted by atomic mass is 32.2. The Morgan fingerprint density at radius 2 is 1.96 bits per heavy atom. The van der Waals surface area contributed by atoms with Crippen molar-refractivity contribution in [1.82, 2.24) is 4.90 Å². The topological polar surface area (TPSA) is 72.9 Å². The number of carbonyl (C=O) groups excluding carboxylic acids is 1. The molecule has 2 aromatic rings. The number of ether oxygens (including phenoxy) is 2. The maximum atomic E-state index is 13.1. The van der Waals surface area contributed by atoms with E-state index in [1.54, 1.807) is 24.1 Å². The number of hydrogen-bond acceptors (Lipinski definition) is 5. The van der Waals surface area contributed by atoms with E-state index in [4.69, 9.17) is 9.47 Å². The summed E-state index contributed by atoms with van der Waals surface area (Å²) in [6.07, 6.45) is 3.09. The van der Waals surface area contributed by atoms with Crippen molar-refractivity contribution in [3.8, 4) is 5.75 Å². The number of nitrogens with zero attached hydrogens (tertiary/aromatic N) is 1. The van der Waals surface area contributed by atoms with Gasteiger partial charge in [-0.3, -0.25) is 4.79 Å². The van der Waals surface area contributed by atoms with Crippen molar-refractivity contribution in [2.24, 2.45) is 0 Å². The fourth-order valence-electron chi connectivity index (χ4n) is 3.27. The second kappa shape index (κ2) is 8.75. The highest BCUT2D eigenvalue weighted by molar-refractivity contribution is 7.90. The standard InChI is InChI=1S/C21H25NO5S/c1-26-18-6-3-5-16(13-18)14-22(15-19-7-4-12-27-19)21(23)17-8-10-20(11-9-17)28(2,24)25/h3,5-6,8-11,13,19H,4,7,12,14-15H2,1-2H3. The van der Waals surface area contributed by atoms with E-state index in [1.807, 2.05) is 24.3 Å². The number of sulfone groups is 1. The lowest BCUT2D eigenvalue weighted by Gasteiger charge is -2.26. The van der Waals surface area contributed by atoms with E-state index in [0.717, 1.165) is 37.0 Å². The Labute approximate surface area is 166 Å². The van der Waals surface area contributed by atoms with E-state index in [9.17, 15) is 13.2 Å². The first-order chi connectivity index (χ1) is 13.4. The predicted molar refractivity (Wildman–Crippen MR) is 106 cm³/mol. The molecule has 0 aliphatic carbocycles. The van der Waals surface area contributed by atoms with Crippen LogP contribution < -0.4 is 4.74 Å². The SMILES string of the molecule is COc1cccc(CN(CC2CCCO2)C(=O)c2ccc(S(C)(=O)=O)cc2)c1. The third kappa shape index (κ3) is 5.11. The van der Waals surface area contributed by atoms with Gasteiger partial charge in [0.25, 0.3) is 5.91 Å². The number of benzene rings is 2. The molecule has 1 amide bonds. The molecule has 1 unspecified atom stereocenters. The number of hydrogen-bond donors (Lipinski definition) is 0. The van der Waals surface area contributed by atoms with E-state index in [0.29, 0.717) is 18.7 Å². The van der Waals surface area contributed by atoms with Crippen molar-refractivity contribution in [3.05, 3.63) is 59.7 Å². The first-order valence-corrected chi connectivity index (χ1v) is 11.1. The first-order valence-electron chi connectivity index (χ1n) is 9.21. The molecule has 7 heteroatoms. The molecule has 0 bridgehead atoms. The molecule has 2 aromatic carbocycles. The van der Waals surface area contributed by atoms with Gasteiger partial charge in [-0.15, -0.1) is 0 Å². The van der Waals surface area contributed by atoms with Gasteiger partial charge in [-0.05, 0) is 54.8 Å². The van der Waals surface area contributed by atoms with Crippen molar-refractivity contribution >= 4 is 15.7 Å². The molecule has 1 heterocycles. The van der Waals surface area contributed by atoms with Crippen molar-refractivity contribution in [2.75, 3.05) is 26.5 Å². The summed E-state index contributed by atoms with van der Waals surface area (Å²) in [6, 6.07) is 13.7. The summed E-state index contributed by atoms with van der Waals surface area (Å²) >= 11 is 0. The summed E-state index contributed by atoms with van der Waals surface area (Å²) in [5.41, 5.74) is 1.41. The number of carbonyl (C=O) groups is 1. The Bertz CT molecular complexity index is 918. The fourth-order valence-corrected chi connectivity index (χ4v) is 3.90. The Balaban J connectivity index is 1.83. The molecule has 1 fully saturated rings. The summed E-state index contributed by atoms with van der Waals surface area (Å²) in [5.74, 6) is 0.581. The van der Waals surface area contributed by atoms with E-state index < -0.39 is 9.84 Å². The maximum absolute atomic E-state index is 13.1. The Kier molecular flexibility index (Phi) is 6.36. The summed E-state index contributed by atoms with van der Waals surface area (Å²) in [5, 5.41) is 0. The molecule has 0 saturated carbocycles. The van der Waals surface area contributed by atoms with Gasteiger partial charge in [-0.2, -0.15) is 0 Å². The zero-order chi connectivity index (χ0) is 20.1. The minimum atomic E-state index is -3.30. The molecular formula is C21H25NO5S. The largest absolute Gasteiger partial charge is 0.497 e. The van der Waals surface area contributed by atoms with Crippen LogP contribution in [0.4, 0.5) is 0 Å². The Hall–Kier alpha value is -2.38. The van der Waals surface area contributed by atoms with E-state index >= 15 is 0 Å². The molecule has 0 aromatic heterocycles. The van der Waals surface area contributed by atoms with Crippen LogP contribution in [0.2, 0.25) is 0 Å². The van der Waals surface area contributed by atoms with E-state index in [-0.39, 0.29) is 16.9 Å². The van der Waals surface area contributed by atoms with Gasteiger partial charge in [0, 0.05) is 31.5 Å². The lowest BCUT2D eigenvalue weighted by molar-refractivity contribution is 0.0507. The molecule has 1 aliphatic heterocycles. The quantitative estimate of drug-likeness (QED) is 0.711. The third-order valence-electron chi connectivity index (χ3n) is 4.77. The van der Waals surface area contributed by atoms with Crippen molar-refractivity contribution in [3.63, 3.8) is 0 Å². The van der Waals surface area contributed by atoms with Gasteiger partial charge in [-0.1, -0.05) is 12.1 Å². The predicted octanol–water partition coefficient (Wildman–Crippen LogP) is 2.92. The summed E-state index contributed by atoms with van der Waals surface area (Å²) in [7, 11) is -1.69. The highest BCUT2D eigenvalue weighted by Gasteiger charge is 2.24. The van der Waals surface area contributed by atoms with Crippen molar-refractivity contribution in [2.45, 2.75) is 30.4 Å². The highest BCUT2D eigenvalue weighted by Crippen LogP contribution is 2.20. The van der Waals surface area contributed by atoms with Gasteiger partial charge in [-0.25, -0.2) is 8.42 Å². The van der Waals surface area contributed by atoms with Crippen LogP contribution in [0.5, 0.6) is 5.75 Å². The molecule has 0 spiro atoms. The zero-order valence-electron chi connectivity index (χ0n) is 16.1. The van der Waals surface area contributed by atoms with Crippen LogP contribution in [0.1, 0.15) is 28.8 Å². The number of rotatable bonds is 7. The van der Waals surface area contributed by atoms with Crippen LogP contribution >= 0.6 is 0 Å². The van der Waals surface area contributed by atoms with Crippen molar-refractivity contribution in [1.29, 1.82) is 0 Å². The fraction of sp³-hybridized carbons (Fsp3) is 0.381. The average Bonchev–Trinajstić information content (AvgIpc) is 3.19. The molecule has 1 atom stereocenters. The van der Waals surface area contributed by atoms with Gasteiger partial charge in [0.1, 0.15) is 5.75 Å². The summed E-state index contributed by atoms with van der Waals surface area (Å²) in [4.78, 5) is 15.1. The lowest BCUT2D eigenvalue weighted by Crippen LogP contribution is -2.37. The molecule has 28 heavy (non-hydrogen) atoms. The van der Waals surface area contributed by atoms with Gasteiger partial charge < -0.3 is 14.4 Å². The molecular weight excluding hydrogens is 378 g/mol. The second-order valence-electron chi connectivity index (χ2n) is 6.97. The second-order valence-corrected chi connectivity index (χ2v) is 8.98. The summed E-state index contributed by atoms with van der Waals surface area (Å²) in [6.45, 7) is 1.63. The molecule has 0 N–H and O–H groups in total. The van der Waals surface area contributed by atoms with Crippen LogP contribution in [0, 0.1) is 0 Å². The Morgan fingerprint density at radius 1 is 1.21 bits per heavy atom. The monoisotopic (exact) mass is 403 g/mol. The normalized spacial score (nSPS) is 16.7. The molecule has 6 nitrogen and oxygen atoms in total. The van der Waals surface area contributed by atoms with Crippen LogP contribution in [-0.2, 0) is 21.1 Å².